The third-order valence-corrected chi connectivity index (χ3v) is 1.79. The van der Waals surface area contributed by atoms with E-state index in [0.717, 1.165) is 13.0 Å². The monoisotopic (exact) mass is 193 g/mol. The summed E-state index contributed by atoms with van der Waals surface area (Å²) in [5, 5.41) is 3.05. The second-order valence-corrected chi connectivity index (χ2v) is 2.75. The van der Waals surface area contributed by atoms with Crippen molar-refractivity contribution in [3.8, 4) is 0 Å². The Balaban J connectivity index is 2.29. The molecule has 1 rings (SSSR count). The molecule has 1 aromatic heterocycles. The maximum Gasteiger partial charge on any atom is 0.205 e. The zero-order valence-corrected chi connectivity index (χ0v) is 8.20. The maximum absolute atomic E-state index is 5.21. The molecule has 5 nitrogen and oxygen atoms in total. The second-order valence-electron chi connectivity index (χ2n) is 2.75. The van der Waals surface area contributed by atoms with Crippen LogP contribution in [0.15, 0.2) is 29.5 Å². The molecule has 5 heteroatoms. The normalized spacial score (nSPS) is 11.1. The smallest absolute Gasteiger partial charge is 0.205 e. The average Bonchev–Trinajstić information content (AvgIpc) is 2.26. The third kappa shape index (κ3) is 3.40. The molecule has 0 amide bonds. The van der Waals surface area contributed by atoms with Crippen molar-refractivity contribution in [1.29, 1.82) is 0 Å². The summed E-state index contributed by atoms with van der Waals surface area (Å²) in [6.45, 7) is 0.780. The van der Waals surface area contributed by atoms with Crippen molar-refractivity contribution in [2.45, 2.75) is 6.42 Å². The van der Waals surface area contributed by atoms with Crippen LogP contribution in [-0.4, -0.2) is 24.5 Å². The molecule has 1 aromatic rings. The predicted octanol–water partition coefficient (Wildman–Crippen LogP) is -0.337. The summed E-state index contributed by atoms with van der Waals surface area (Å²) in [4.78, 5) is 7.92. The van der Waals surface area contributed by atoms with Crippen molar-refractivity contribution in [3.05, 3.63) is 30.1 Å². The van der Waals surface area contributed by atoms with Gasteiger partial charge in [0.05, 0.1) is 0 Å². The molecule has 1 heterocycles. The van der Waals surface area contributed by atoms with Gasteiger partial charge in [-0.3, -0.25) is 15.4 Å². The van der Waals surface area contributed by atoms with Gasteiger partial charge in [0.15, 0.2) is 0 Å². The van der Waals surface area contributed by atoms with Gasteiger partial charge in [0.2, 0.25) is 5.96 Å². The van der Waals surface area contributed by atoms with Crippen LogP contribution < -0.4 is 16.6 Å². The van der Waals surface area contributed by atoms with Gasteiger partial charge in [0.25, 0.3) is 0 Å². The van der Waals surface area contributed by atoms with Gasteiger partial charge in [0, 0.05) is 26.0 Å². The van der Waals surface area contributed by atoms with Crippen LogP contribution in [0.4, 0.5) is 0 Å². The summed E-state index contributed by atoms with van der Waals surface area (Å²) >= 11 is 0. The van der Waals surface area contributed by atoms with E-state index in [1.807, 2.05) is 18.3 Å². The van der Waals surface area contributed by atoms with E-state index in [1.165, 1.54) is 5.56 Å². The molecule has 0 unspecified atom stereocenters. The minimum Gasteiger partial charge on any atom is -0.355 e. The van der Waals surface area contributed by atoms with E-state index in [1.54, 1.807) is 13.2 Å². The number of nitrogens with zero attached hydrogens (tertiary/aromatic N) is 2. The molecular weight excluding hydrogens is 178 g/mol. The maximum atomic E-state index is 5.21. The van der Waals surface area contributed by atoms with Crippen LogP contribution in [0, 0.1) is 0 Å². The Bertz CT molecular complexity index is 283. The summed E-state index contributed by atoms with van der Waals surface area (Å²) in [5.41, 5.74) is 3.65. The first-order valence-corrected chi connectivity index (χ1v) is 4.43. The molecule has 0 saturated heterocycles. The summed E-state index contributed by atoms with van der Waals surface area (Å²) in [7, 11) is 1.67. The van der Waals surface area contributed by atoms with Crippen LogP contribution >= 0.6 is 0 Å². The van der Waals surface area contributed by atoms with Crippen LogP contribution in [0.2, 0.25) is 0 Å². The largest absolute Gasteiger partial charge is 0.355 e. The number of nitrogens with two attached hydrogens (primary N) is 1. The zero-order chi connectivity index (χ0) is 10.2. The fourth-order valence-electron chi connectivity index (χ4n) is 1.07. The lowest BCUT2D eigenvalue weighted by molar-refractivity contribution is 0.814. The lowest BCUT2D eigenvalue weighted by Gasteiger charge is -2.07. The Hall–Kier alpha value is -1.62. The van der Waals surface area contributed by atoms with Gasteiger partial charge in [-0.1, -0.05) is 6.07 Å². The van der Waals surface area contributed by atoms with Gasteiger partial charge >= 0.3 is 0 Å². The minimum absolute atomic E-state index is 0.592. The lowest BCUT2D eigenvalue weighted by Crippen LogP contribution is -2.42. The first kappa shape index (κ1) is 10.5. The number of hydrazine groups is 1. The van der Waals surface area contributed by atoms with Crippen molar-refractivity contribution in [1.82, 2.24) is 15.7 Å². The van der Waals surface area contributed by atoms with E-state index in [4.69, 9.17) is 5.84 Å². The van der Waals surface area contributed by atoms with E-state index in [-0.39, 0.29) is 0 Å². The van der Waals surface area contributed by atoms with Crippen LogP contribution in [0.3, 0.4) is 0 Å². The van der Waals surface area contributed by atoms with E-state index in [2.05, 4.69) is 20.7 Å². The number of aliphatic imine (C=N–C) groups is 1. The molecule has 14 heavy (non-hydrogen) atoms. The molecule has 0 aromatic carbocycles. The van der Waals surface area contributed by atoms with Crippen LogP contribution in [0.5, 0.6) is 0 Å². The molecule has 0 spiro atoms. The van der Waals surface area contributed by atoms with Crippen LogP contribution in [0.25, 0.3) is 0 Å². The molecular formula is C9H15N5. The fourth-order valence-corrected chi connectivity index (χ4v) is 1.07. The number of nitrogens with one attached hydrogen (secondary N) is 2. The van der Waals surface area contributed by atoms with Crippen LogP contribution in [0.1, 0.15) is 5.56 Å². The molecule has 0 radical (unpaired) electrons. The van der Waals surface area contributed by atoms with Crippen molar-refractivity contribution in [3.63, 3.8) is 0 Å². The number of aromatic nitrogens is 1. The molecule has 0 aliphatic heterocycles. The van der Waals surface area contributed by atoms with E-state index >= 15 is 0 Å². The molecule has 0 atom stereocenters. The van der Waals surface area contributed by atoms with Gasteiger partial charge in [-0.15, -0.1) is 0 Å². The van der Waals surface area contributed by atoms with Gasteiger partial charge in [-0.05, 0) is 18.1 Å². The first-order chi connectivity index (χ1) is 6.86. The van der Waals surface area contributed by atoms with E-state index < -0.39 is 0 Å². The number of guanidine groups is 1. The topological polar surface area (TPSA) is 75.3 Å². The zero-order valence-electron chi connectivity index (χ0n) is 8.20. The molecule has 76 valence electrons. The fraction of sp³-hybridized carbons (Fsp3) is 0.333. The summed E-state index contributed by atoms with van der Waals surface area (Å²) in [6, 6.07) is 3.96. The van der Waals surface area contributed by atoms with Gasteiger partial charge < -0.3 is 5.32 Å². The first-order valence-electron chi connectivity index (χ1n) is 4.43. The van der Waals surface area contributed by atoms with Crippen LogP contribution in [-0.2, 0) is 6.42 Å². The third-order valence-electron chi connectivity index (χ3n) is 1.79. The molecule has 0 aliphatic carbocycles. The number of rotatable bonds is 3. The average molecular weight is 193 g/mol. The molecule has 0 fully saturated rings. The highest BCUT2D eigenvalue weighted by Gasteiger charge is 1.94. The Kier molecular flexibility index (Phi) is 4.43. The quantitative estimate of drug-likeness (QED) is 0.266. The van der Waals surface area contributed by atoms with E-state index in [9.17, 15) is 0 Å². The van der Waals surface area contributed by atoms with Crippen molar-refractivity contribution in [2.24, 2.45) is 10.8 Å². The Labute approximate surface area is 83.4 Å². The van der Waals surface area contributed by atoms with Crippen molar-refractivity contribution in [2.75, 3.05) is 13.6 Å². The number of pyridine rings is 1. The Morgan fingerprint density at radius 1 is 1.64 bits per heavy atom. The highest BCUT2D eigenvalue weighted by Crippen LogP contribution is 1.94. The van der Waals surface area contributed by atoms with Crippen molar-refractivity contribution >= 4 is 5.96 Å². The summed E-state index contributed by atoms with van der Waals surface area (Å²) < 4.78 is 0. The molecule has 0 saturated carbocycles. The lowest BCUT2D eigenvalue weighted by atomic mass is 10.2. The minimum atomic E-state index is 0.592. The standard InChI is InChI=1S/C9H15N5/c1-11-9(14-10)13-6-4-8-3-2-5-12-7-8/h2-3,5,7H,4,6,10H2,1H3,(H2,11,13,14). The molecule has 0 bridgehead atoms. The van der Waals surface area contributed by atoms with Gasteiger partial charge in [-0.25, -0.2) is 5.84 Å². The Morgan fingerprint density at radius 3 is 3.07 bits per heavy atom. The van der Waals surface area contributed by atoms with Crippen molar-refractivity contribution < 1.29 is 0 Å². The molecule has 0 aliphatic rings. The number of hydrogen-bond donors (Lipinski definition) is 3. The van der Waals surface area contributed by atoms with E-state index in [0.29, 0.717) is 5.96 Å². The summed E-state index contributed by atoms with van der Waals surface area (Å²) in [5.74, 6) is 5.80. The number of hydrogen-bond acceptors (Lipinski definition) is 3. The summed E-state index contributed by atoms with van der Waals surface area (Å²) in [6.07, 6.45) is 4.51. The SMILES string of the molecule is CN=C(NN)NCCc1cccnc1. The molecule has 4 N–H and O–H groups in total. The van der Waals surface area contributed by atoms with Gasteiger partial charge in [0.1, 0.15) is 0 Å². The van der Waals surface area contributed by atoms with Gasteiger partial charge in [-0.2, -0.15) is 0 Å². The predicted molar refractivity (Wildman–Crippen MR) is 56.6 cm³/mol. The second kappa shape index (κ2) is 5.93. The highest BCUT2D eigenvalue weighted by molar-refractivity contribution is 5.78. The highest BCUT2D eigenvalue weighted by atomic mass is 15.3. The Morgan fingerprint density at radius 2 is 2.50 bits per heavy atom.